The lowest BCUT2D eigenvalue weighted by atomic mass is 10.1. The monoisotopic (exact) mass is 298 g/mol. The molecule has 1 aromatic carbocycles. The number of thiophene rings is 1. The summed E-state index contributed by atoms with van der Waals surface area (Å²) in [6.45, 7) is 0. The van der Waals surface area contributed by atoms with Gasteiger partial charge in [-0.05, 0) is 29.8 Å². The normalized spacial score (nSPS) is 10.3. The van der Waals surface area contributed by atoms with Crippen LogP contribution in [-0.2, 0) is 5.88 Å². The van der Waals surface area contributed by atoms with E-state index in [9.17, 15) is 0 Å². The lowest BCUT2D eigenvalue weighted by Crippen LogP contribution is -1.95. The highest BCUT2D eigenvalue weighted by Crippen LogP contribution is 2.42. The van der Waals surface area contributed by atoms with Crippen molar-refractivity contribution in [3.63, 3.8) is 0 Å². The molecule has 19 heavy (non-hydrogen) atoms. The quantitative estimate of drug-likeness (QED) is 0.775. The van der Waals surface area contributed by atoms with Gasteiger partial charge in [0.15, 0.2) is 11.5 Å². The van der Waals surface area contributed by atoms with E-state index in [1.165, 1.54) is 0 Å². The Kier molecular flexibility index (Phi) is 4.56. The minimum Gasteiger partial charge on any atom is -0.493 e. The van der Waals surface area contributed by atoms with Crippen LogP contribution in [0.4, 0.5) is 0 Å². The van der Waals surface area contributed by atoms with Crippen LogP contribution in [0, 0.1) is 0 Å². The predicted molar refractivity (Wildman–Crippen MR) is 79.0 cm³/mol. The van der Waals surface area contributed by atoms with Gasteiger partial charge in [-0.3, -0.25) is 0 Å². The van der Waals surface area contributed by atoms with Gasteiger partial charge in [-0.15, -0.1) is 22.9 Å². The topological polar surface area (TPSA) is 27.7 Å². The number of methoxy groups -OCH3 is 3. The van der Waals surface area contributed by atoms with E-state index < -0.39 is 0 Å². The van der Waals surface area contributed by atoms with Crippen molar-refractivity contribution in [1.82, 2.24) is 0 Å². The number of hydrogen-bond donors (Lipinski definition) is 0. The molecule has 0 fully saturated rings. The van der Waals surface area contributed by atoms with Gasteiger partial charge in [0.2, 0.25) is 5.75 Å². The molecule has 2 rings (SSSR count). The zero-order valence-corrected chi connectivity index (χ0v) is 12.6. The number of alkyl halides is 1. The largest absolute Gasteiger partial charge is 0.493 e. The van der Waals surface area contributed by atoms with Gasteiger partial charge in [-0.25, -0.2) is 0 Å². The molecule has 0 unspecified atom stereocenters. The molecule has 0 radical (unpaired) electrons. The molecule has 1 heterocycles. The summed E-state index contributed by atoms with van der Waals surface area (Å²) < 4.78 is 16.0. The summed E-state index contributed by atoms with van der Waals surface area (Å²) in [7, 11) is 4.82. The minimum absolute atomic E-state index is 0.523. The number of ether oxygens (including phenoxy) is 3. The maximum atomic E-state index is 5.83. The van der Waals surface area contributed by atoms with Crippen molar-refractivity contribution in [2.75, 3.05) is 21.3 Å². The van der Waals surface area contributed by atoms with Crippen LogP contribution in [0.15, 0.2) is 24.3 Å². The van der Waals surface area contributed by atoms with Gasteiger partial charge in [0.05, 0.1) is 27.2 Å². The van der Waals surface area contributed by atoms with Crippen LogP contribution in [0.5, 0.6) is 17.2 Å². The molecule has 0 saturated heterocycles. The van der Waals surface area contributed by atoms with Crippen molar-refractivity contribution in [1.29, 1.82) is 0 Å². The summed E-state index contributed by atoms with van der Waals surface area (Å²) in [5.41, 5.74) is 1.02. The maximum absolute atomic E-state index is 5.83. The summed E-state index contributed by atoms with van der Waals surface area (Å²) in [5.74, 6) is 2.42. The second-order valence-electron chi connectivity index (χ2n) is 3.81. The first kappa shape index (κ1) is 14.0. The standard InChI is InChI=1S/C14H15ClO3S/c1-16-11-6-9(7-12(17-2)14(11)18-3)13-5-4-10(8-15)19-13/h4-7H,8H2,1-3H3. The number of halogens is 1. The molecule has 2 aromatic rings. The van der Waals surface area contributed by atoms with Crippen LogP contribution in [0.1, 0.15) is 4.88 Å². The Morgan fingerprint density at radius 2 is 1.63 bits per heavy atom. The Morgan fingerprint density at radius 1 is 1.00 bits per heavy atom. The Balaban J connectivity index is 2.51. The molecule has 0 amide bonds. The lowest BCUT2D eigenvalue weighted by molar-refractivity contribution is 0.324. The molecule has 0 atom stereocenters. The molecule has 5 heteroatoms. The first-order chi connectivity index (χ1) is 9.23. The summed E-state index contributed by atoms with van der Waals surface area (Å²) in [6, 6.07) is 7.94. The average molecular weight is 299 g/mol. The Bertz CT molecular complexity index is 541. The van der Waals surface area contributed by atoms with E-state index in [0.29, 0.717) is 23.1 Å². The van der Waals surface area contributed by atoms with E-state index in [2.05, 4.69) is 0 Å². The molecule has 1 aromatic heterocycles. The van der Waals surface area contributed by atoms with E-state index in [4.69, 9.17) is 25.8 Å². The van der Waals surface area contributed by atoms with Crippen molar-refractivity contribution >= 4 is 22.9 Å². The predicted octanol–water partition coefficient (Wildman–Crippen LogP) is 4.18. The first-order valence-electron chi connectivity index (χ1n) is 5.68. The lowest BCUT2D eigenvalue weighted by Gasteiger charge is -2.13. The fraction of sp³-hybridized carbons (Fsp3) is 0.286. The van der Waals surface area contributed by atoms with Gasteiger partial charge >= 0.3 is 0 Å². The average Bonchev–Trinajstić information content (AvgIpc) is 2.94. The van der Waals surface area contributed by atoms with Crippen LogP contribution >= 0.6 is 22.9 Å². The summed E-state index contributed by atoms with van der Waals surface area (Å²) in [5, 5.41) is 0. The molecule has 0 aliphatic rings. The zero-order valence-electron chi connectivity index (χ0n) is 11.0. The van der Waals surface area contributed by atoms with Crippen LogP contribution in [0.3, 0.4) is 0 Å². The fourth-order valence-electron chi connectivity index (χ4n) is 1.83. The van der Waals surface area contributed by atoms with E-state index in [-0.39, 0.29) is 0 Å². The SMILES string of the molecule is COc1cc(-c2ccc(CCl)s2)cc(OC)c1OC. The number of hydrogen-bond acceptors (Lipinski definition) is 4. The molecular formula is C14H15ClO3S. The highest BCUT2D eigenvalue weighted by Gasteiger charge is 2.14. The van der Waals surface area contributed by atoms with Crippen LogP contribution in [-0.4, -0.2) is 21.3 Å². The third-order valence-electron chi connectivity index (χ3n) is 2.74. The third-order valence-corrected chi connectivity index (χ3v) is 4.32. The van der Waals surface area contributed by atoms with Crippen LogP contribution in [0.2, 0.25) is 0 Å². The molecule has 0 saturated carbocycles. The Morgan fingerprint density at radius 3 is 2.05 bits per heavy atom. The molecular weight excluding hydrogens is 284 g/mol. The van der Waals surface area contributed by atoms with Crippen molar-refractivity contribution in [2.45, 2.75) is 5.88 Å². The highest BCUT2D eigenvalue weighted by atomic mass is 35.5. The van der Waals surface area contributed by atoms with Crippen LogP contribution < -0.4 is 14.2 Å². The van der Waals surface area contributed by atoms with Crippen molar-refractivity contribution < 1.29 is 14.2 Å². The second-order valence-corrected chi connectivity index (χ2v) is 5.25. The molecule has 0 aliphatic carbocycles. The zero-order chi connectivity index (χ0) is 13.8. The Hall–Kier alpha value is -1.39. The molecule has 0 bridgehead atoms. The van der Waals surface area contributed by atoms with E-state index in [1.54, 1.807) is 32.7 Å². The summed E-state index contributed by atoms with van der Waals surface area (Å²) in [4.78, 5) is 2.25. The summed E-state index contributed by atoms with van der Waals surface area (Å²) in [6.07, 6.45) is 0. The number of benzene rings is 1. The second kappa shape index (κ2) is 6.17. The van der Waals surface area contributed by atoms with Crippen molar-refractivity contribution in [2.24, 2.45) is 0 Å². The molecule has 102 valence electrons. The fourth-order valence-corrected chi connectivity index (χ4v) is 2.93. The van der Waals surface area contributed by atoms with Gasteiger partial charge < -0.3 is 14.2 Å². The van der Waals surface area contributed by atoms with Gasteiger partial charge in [-0.1, -0.05) is 0 Å². The van der Waals surface area contributed by atoms with Gasteiger partial charge in [0, 0.05) is 9.75 Å². The highest BCUT2D eigenvalue weighted by molar-refractivity contribution is 7.15. The minimum atomic E-state index is 0.523. The molecule has 0 N–H and O–H groups in total. The molecule has 3 nitrogen and oxygen atoms in total. The van der Waals surface area contributed by atoms with E-state index in [0.717, 1.165) is 15.3 Å². The van der Waals surface area contributed by atoms with Gasteiger partial charge in [-0.2, -0.15) is 0 Å². The van der Waals surface area contributed by atoms with Crippen molar-refractivity contribution in [3.8, 4) is 27.7 Å². The van der Waals surface area contributed by atoms with Crippen LogP contribution in [0.25, 0.3) is 10.4 Å². The maximum Gasteiger partial charge on any atom is 0.203 e. The Labute approximate surface area is 121 Å². The van der Waals surface area contributed by atoms with E-state index >= 15 is 0 Å². The first-order valence-corrected chi connectivity index (χ1v) is 7.03. The van der Waals surface area contributed by atoms with E-state index in [1.807, 2.05) is 24.3 Å². The van der Waals surface area contributed by atoms with Gasteiger partial charge in [0.1, 0.15) is 0 Å². The third kappa shape index (κ3) is 2.80. The molecule has 0 spiro atoms. The summed E-state index contributed by atoms with van der Waals surface area (Å²) >= 11 is 7.49. The smallest absolute Gasteiger partial charge is 0.203 e. The number of rotatable bonds is 5. The van der Waals surface area contributed by atoms with Gasteiger partial charge in [0.25, 0.3) is 0 Å². The molecule has 0 aliphatic heterocycles. The van der Waals surface area contributed by atoms with Crippen molar-refractivity contribution in [3.05, 3.63) is 29.1 Å².